The monoisotopic (exact) mass is 494 g/mol. The second-order valence-electron chi connectivity index (χ2n) is 8.75. The zero-order valence-electron chi connectivity index (χ0n) is 20.0. The number of carbonyl (C=O) groups is 4. The summed E-state index contributed by atoms with van der Waals surface area (Å²) in [5.74, 6) is -4.68. The third-order valence-electron chi connectivity index (χ3n) is 6.67. The van der Waals surface area contributed by atoms with E-state index in [0.29, 0.717) is 5.69 Å². The van der Waals surface area contributed by atoms with E-state index in [0.717, 1.165) is 4.90 Å². The van der Waals surface area contributed by atoms with Crippen molar-refractivity contribution in [1.29, 1.82) is 0 Å². The van der Waals surface area contributed by atoms with E-state index in [1.54, 1.807) is 55.5 Å². The molecule has 1 saturated heterocycles. The molecule has 184 valence electrons. The van der Waals surface area contributed by atoms with E-state index >= 15 is 0 Å². The van der Waals surface area contributed by atoms with Crippen molar-refractivity contribution in [3.05, 3.63) is 107 Å². The molecule has 0 radical (unpaired) electrons. The Morgan fingerprint density at radius 3 is 2.00 bits per heavy atom. The summed E-state index contributed by atoms with van der Waals surface area (Å²) < 4.78 is 0. The predicted molar refractivity (Wildman–Crippen MR) is 137 cm³/mol. The number of hydrogen-bond donors (Lipinski definition) is 2. The van der Waals surface area contributed by atoms with Crippen molar-refractivity contribution in [1.82, 2.24) is 0 Å². The normalized spacial score (nSPS) is 20.9. The fourth-order valence-electron chi connectivity index (χ4n) is 5.23. The van der Waals surface area contributed by atoms with Gasteiger partial charge in [-0.3, -0.25) is 29.0 Å². The van der Waals surface area contributed by atoms with E-state index in [4.69, 9.17) is 0 Å². The Labute approximate surface area is 212 Å². The van der Waals surface area contributed by atoms with Gasteiger partial charge in [0.15, 0.2) is 11.3 Å². The predicted octanol–water partition coefficient (Wildman–Crippen LogP) is 3.93. The highest BCUT2D eigenvalue weighted by Crippen LogP contribution is 2.53. The molecule has 2 aliphatic heterocycles. The van der Waals surface area contributed by atoms with Crippen LogP contribution in [-0.4, -0.2) is 39.1 Å². The van der Waals surface area contributed by atoms with Gasteiger partial charge in [0, 0.05) is 16.9 Å². The molecule has 1 atom stereocenters. The van der Waals surface area contributed by atoms with Gasteiger partial charge in [0.05, 0.1) is 16.8 Å². The van der Waals surface area contributed by atoms with Crippen LogP contribution in [0.3, 0.4) is 0 Å². The first-order valence-corrected chi connectivity index (χ1v) is 11.5. The number of allylic oxidation sites excluding steroid dienone is 1. The number of hydrogen-bond acceptors (Lipinski definition) is 6. The molecule has 3 aromatic rings. The average molecular weight is 495 g/mol. The number of rotatable bonds is 4. The Morgan fingerprint density at radius 2 is 1.41 bits per heavy atom. The smallest absolute Gasteiger partial charge is 0.300 e. The lowest BCUT2D eigenvalue weighted by Gasteiger charge is -2.35. The van der Waals surface area contributed by atoms with Crippen molar-refractivity contribution in [3.63, 3.8) is 0 Å². The highest BCUT2D eigenvalue weighted by atomic mass is 16.3. The van der Waals surface area contributed by atoms with E-state index in [1.807, 2.05) is 0 Å². The number of nitrogens with zero attached hydrogens (tertiary/aromatic N) is 2. The highest BCUT2D eigenvalue weighted by Gasteiger charge is 2.69. The number of phenolic OH excluding ortho intramolecular Hbond substituents is 1. The van der Waals surface area contributed by atoms with E-state index in [-0.39, 0.29) is 28.3 Å². The highest BCUT2D eigenvalue weighted by molar-refractivity contribution is 6.56. The van der Waals surface area contributed by atoms with Gasteiger partial charge in [0.25, 0.3) is 11.7 Å². The summed E-state index contributed by atoms with van der Waals surface area (Å²) in [5.41, 5.74) is -2.40. The molecular formula is C29H22N2O6. The van der Waals surface area contributed by atoms with Crippen molar-refractivity contribution >= 4 is 40.5 Å². The number of ketones is 2. The SMILES string of the molecule is CC(=O)C1=C(C)N(c2ccccc2)C(=O)C12/C(=C(\O)c1ccccc1)C(=O)C(=O)N2c1ccccc1O. The number of phenols is 1. The molecule has 2 heterocycles. The van der Waals surface area contributed by atoms with Gasteiger partial charge in [-0.1, -0.05) is 60.7 Å². The third kappa shape index (κ3) is 3.22. The van der Waals surface area contributed by atoms with Crippen LogP contribution in [0.2, 0.25) is 0 Å². The first-order valence-electron chi connectivity index (χ1n) is 11.5. The lowest BCUT2D eigenvalue weighted by atomic mass is 9.79. The molecule has 0 aromatic heterocycles. The second kappa shape index (κ2) is 8.60. The molecule has 2 N–H and O–H groups in total. The topological polar surface area (TPSA) is 115 Å². The van der Waals surface area contributed by atoms with Gasteiger partial charge in [-0.25, -0.2) is 0 Å². The molecule has 1 unspecified atom stereocenters. The van der Waals surface area contributed by atoms with Crippen LogP contribution in [0.1, 0.15) is 19.4 Å². The van der Waals surface area contributed by atoms with Gasteiger partial charge in [0.1, 0.15) is 11.5 Å². The maximum absolute atomic E-state index is 14.5. The number of carbonyl (C=O) groups excluding carboxylic acids is 4. The first kappa shape index (κ1) is 23.7. The van der Waals surface area contributed by atoms with Crippen LogP contribution in [0.25, 0.3) is 5.76 Å². The summed E-state index contributed by atoms with van der Waals surface area (Å²) in [7, 11) is 0. The van der Waals surface area contributed by atoms with Gasteiger partial charge in [0.2, 0.25) is 0 Å². The Kier molecular flexibility index (Phi) is 5.52. The van der Waals surface area contributed by atoms with E-state index in [9.17, 15) is 29.4 Å². The molecule has 3 aromatic carbocycles. The van der Waals surface area contributed by atoms with Crippen LogP contribution in [0.4, 0.5) is 11.4 Å². The Balaban J connectivity index is 1.94. The van der Waals surface area contributed by atoms with Gasteiger partial charge < -0.3 is 10.2 Å². The molecule has 0 bridgehead atoms. The van der Waals surface area contributed by atoms with Gasteiger partial charge in [-0.2, -0.15) is 0 Å². The maximum Gasteiger partial charge on any atom is 0.300 e. The standard InChI is InChI=1S/C29H22N2O6/c1-17-23(18(2)32)29(28(37)30(17)20-13-7-4-8-14-20)24(25(34)19-11-5-3-6-12-19)26(35)27(36)31(29)21-15-9-10-16-22(21)33/h3-16,33-34H,1-2H3/b25-24-. The number of aromatic hydroxyl groups is 1. The third-order valence-corrected chi connectivity index (χ3v) is 6.67. The van der Waals surface area contributed by atoms with Crippen molar-refractivity contribution in [2.75, 3.05) is 9.80 Å². The largest absolute Gasteiger partial charge is 0.507 e. The van der Waals surface area contributed by atoms with E-state index in [1.165, 1.54) is 48.2 Å². The summed E-state index contributed by atoms with van der Waals surface area (Å²) in [6, 6.07) is 22.2. The molecule has 2 aliphatic rings. The molecule has 0 aliphatic carbocycles. The summed E-state index contributed by atoms with van der Waals surface area (Å²) in [5, 5.41) is 22.2. The van der Waals surface area contributed by atoms with Gasteiger partial charge in [-0.15, -0.1) is 0 Å². The summed E-state index contributed by atoms with van der Waals surface area (Å²) >= 11 is 0. The molecule has 8 nitrogen and oxygen atoms in total. The molecule has 0 saturated carbocycles. The molecule has 2 amide bonds. The van der Waals surface area contributed by atoms with Crippen molar-refractivity contribution in [2.45, 2.75) is 19.4 Å². The van der Waals surface area contributed by atoms with Crippen LogP contribution >= 0.6 is 0 Å². The number of anilines is 2. The first-order chi connectivity index (χ1) is 17.7. The molecule has 1 fully saturated rings. The zero-order valence-corrected chi connectivity index (χ0v) is 20.0. The van der Waals surface area contributed by atoms with Crippen LogP contribution in [-0.2, 0) is 19.2 Å². The maximum atomic E-state index is 14.5. The molecule has 8 heteroatoms. The Bertz CT molecular complexity index is 1540. The number of benzene rings is 3. The Hall–Kier alpha value is -4.98. The van der Waals surface area contributed by atoms with E-state index in [2.05, 4.69) is 0 Å². The quantitative estimate of drug-likeness (QED) is 0.323. The number of amides is 2. The molecular weight excluding hydrogens is 472 g/mol. The fraction of sp³-hybridized carbons (Fsp3) is 0.103. The van der Waals surface area contributed by atoms with E-state index < -0.39 is 40.3 Å². The summed E-state index contributed by atoms with van der Waals surface area (Å²) in [4.78, 5) is 57.2. The van der Waals surface area contributed by atoms with Crippen molar-refractivity contribution < 1.29 is 29.4 Å². The van der Waals surface area contributed by atoms with Gasteiger partial charge >= 0.3 is 5.91 Å². The minimum Gasteiger partial charge on any atom is -0.507 e. The van der Waals surface area contributed by atoms with Gasteiger partial charge in [-0.05, 0) is 38.1 Å². The molecule has 37 heavy (non-hydrogen) atoms. The molecule has 1 spiro atoms. The number of aliphatic hydroxyl groups excluding tert-OH is 1. The fourth-order valence-corrected chi connectivity index (χ4v) is 5.23. The summed E-state index contributed by atoms with van der Waals surface area (Å²) in [6.07, 6.45) is 0. The van der Waals surface area contributed by atoms with Crippen LogP contribution in [0.5, 0.6) is 5.75 Å². The number of Topliss-reactive ketones (excluding diaryl/α,β-unsaturated/α-hetero) is 2. The lowest BCUT2D eigenvalue weighted by Crippen LogP contribution is -2.56. The van der Waals surface area contributed by atoms with Crippen molar-refractivity contribution in [3.8, 4) is 5.75 Å². The van der Waals surface area contributed by atoms with Crippen LogP contribution in [0, 0.1) is 0 Å². The average Bonchev–Trinajstić information content (AvgIpc) is 3.26. The lowest BCUT2D eigenvalue weighted by molar-refractivity contribution is -0.132. The minimum atomic E-state index is -2.35. The van der Waals surface area contributed by atoms with Crippen LogP contribution < -0.4 is 9.80 Å². The molecule has 5 rings (SSSR count). The second-order valence-corrected chi connectivity index (χ2v) is 8.75. The van der Waals surface area contributed by atoms with Crippen LogP contribution in [0.15, 0.2) is 102 Å². The number of para-hydroxylation sites is 3. The summed E-state index contributed by atoms with van der Waals surface area (Å²) in [6.45, 7) is 2.78. The number of aliphatic hydroxyl groups is 1. The Morgan fingerprint density at radius 1 is 0.838 bits per heavy atom. The van der Waals surface area contributed by atoms with Crippen molar-refractivity contribution in [2.24, 2.45) is 0 Å². The zero-order chi connectivity index (χ0) is 26.5. The minimum absolute atomic E-state index is 0.147.